The lowest BCUT2D eigenvalue weighted by atomic mass is 10.0. The maximum absolute atomic E-state index is 13.6. The number of fused-ring (bicyclic) bond motifs is 2. The Kier molecular flexibility index (Phi) is 8.98. The van der Waals surface area contributed by atoms with E-state index in [0.29, 0.717) is 5.56 Å². The number of nitrogens with zero attached hydrogens (tertiary/aromatic N) is 3. The minimum atomic E-state index is -3.78. The Balaban J connectivity index is 1.28. The van der Waals surface area contributed by atoms with Crippen LogP contribution in [0.5, 0.6) is 0 Å². The van der Waals surface area contributed by atoms with Crippen molar-refractivity contribution in [3.8, 4) is 10.6 Å². The average Bonchev–Trinajstić information content (AvgIpc) is 3.60. The molecule has 0 unspecified atom stereocenters. The number of anilines is 1. The van der Waals surface area contributed by atoms with Gasteiger partial charge in [-0.15, -0.1) is 22.7 Å². The molecule has 5 aromatic rings. The number of benzene rings is 3. The van der Waals surface area contributed by atoms with Crippen LogP contribution in [0.15, 0.2) is 83.8 Å². The molecule has 228 valence electrons. The zero-order chi connectivity index (χ0) is 30.8. The van der Waals surface area contributed by atoms with E-state index in [1.54, 1.807) is 34.8 Å². The van der Waals surface area contributed by atoms with Gasteiger partial charge in [-0.2, -0.15) is 4.31 Å². The van der Waals surface area contributed by atoms with Crippen molar-refractivity contribution in [2.24, 2.45) is 0 Å². The summed E-state index contributed by atoms with van der Waals surface area (Å²) in [4.78, 5) is 22.4. The topological polar surface area (TPSA) is 82.6 Å². The number of para-hydroxylation sites is 1. The molecule has 0 bridgehead atoms. The van der Waals surface area contributed by atoms with Crippen molar-refractivity contribution in [1.29, 1.82) is 0 Å². The van der Waals surface area contributed by atoms with Gasteiger partial charge in [-0.05, 0) is 80.8 Å². The van der Waals surface area contributed by atoms with Crippen LogP contribution in [0.1, 0.15) is 53.6 Å². The van der Waals surface area contributed by atoms with Gasteiger partial charge in [0.25, 0.3) is 5.91 Å². The Morgan fingerprint density at radius 3 is 2.43 bits per heavy atom. The van der Waals surface area contributed by atoms with E-state index in [1.807, 2.05) is 62.4 Å². The monoisotopic (exact) mass is 644 g/mol. The van der Waals surface area contributed by atoms with Crippen LogP contribution in [-0.4, -0.2) is 47.6 Å². The van der Waals surface area contributed by atoms with Crippen molar-refractivity contribution in [1.82, 2.24) is 14.2 Å². The van der Waals surface area contributed by atoms with Gasteiger partial charge in [-0.1, -0.05) is 49.4 Å². The fraction of sp³-hybridized carbons (Fsp3) is 0.294. The van der Waals surface area contributed by atoms with Gasteiger partial charge in [-0.25, -0.2) is 13.4 Å². The summed E-state index contributed by atoms with van der Waals surface area (Å²) >= 11 is 3.27. The zero-order valence-electron chi connectivity index (χ0n) is 25.1. The maximum atomic E-state index is 13.6. The van der Waals surface area contributed by atoms with E-state index in [1.165, 1.54) is 26.9 Å². The standard InChI is InChI=1S/C34H36N4O3S3/c1-4-19-37-20-18-27-30(22-37)43-34(31(27)33-35-28-12-8-9-13-29(28)42-33)36-32(39)25-14-16-26(17-15-25)44(40,41)38(23(2)3)21-24-10-6-5-7-11-24/h5-17,23H,4,18-22H2,1-3H3,(H,36,39). The number of thiazole rings is 1. The molecule has 1 N–H and O–H groups in total. The summed E-state index contributed by atoms with van der Waals surface area (Å²) in [6.45, 7) is 9.10. The highest BCUT2D eigenvalue weighted by Gasteiger charge is 2.29. The van der Waals surface area contributed by atoms with Crippen LogP contribution < -0.4 is 5.32 Å². The summed E-state index contributed by atoms with van der Waals surface area (Å²) in [6, 6.07) is 23.7. The molecule has 0 saturated carbocycles. The van der Waals surface area contributed by atoms with E-state index in [-0.39, 0.29) is 23.4 Å². The molecular formula is C34H36N4O3S3. The summed E-state index contributed by atoms with van der Waals surface area (Å²) in [5.41, 5.74) is 4.56. The van der Waals surface area contributed by atoms with Crippen LogP contribution in [0, 0.1) is 0 Å². The molecule has 1 aliphatic heterocycles. The summed E-state index contributed by atoms with van der Waals surface area (Å²) in [6.07, 6.45) is 2.01. The lowest BCUT2D eigenvalue weighted by Crippen LogP contribution is -2.36. The number of hydrogen-bond acceptors (Lipinski definition) is 7. The maximum Gasteiger partial charge on any atom is 0.256 e. The van der Waals surface area contributed by atoms with E-state index < -0.39 is 10.0 Å². The molecule has 3 heterocycles. The van der Waals surface area contributed by atoms with Gasteiger partial charge in [0.1, 0.15) is 10.0 Å². The number of amides is 1. The largest absolute Gasteiger partial charge is 0.313 e. The number of nitrogens with one attached hydrogen (secondary N) is 1. The van der Waals surface area contributed by atoms with Crippen LogP contribution in [0.3, 0.4) is 0 Å². The molecule has 2 aromatic heterocycles. The van der Waals surface area contributed by atoms with Gasteiger partial charge >= 0.3 is 0 Å². The summed E-state index contributed by atoms with van der Waals surface area (Å²) in [5, 5.41) is 4.88. The third-order valence-electron chi connectivity index (χ3n) is 7.89. The molecule has 1 aliphatic rings. The number of thiophene rings is 1. The van der Waals surface area contributed by atoms with Gasteiger partial charge in [-0.3, -0.25) is 9.69 Å². The van der Waals surface area contributed by atoms with E-state index in [0.717, 1.165) is 63.8 Å². The van der Waals surface area contributed by atoms with Crippen molar-refractivity contribution in [2.45, 2.75) is 57.6 Å². The zero-order valence-corrected chi connectivity index (χ0v) is 27.6. The molecule has 3 aromatic carbocycles. The Morgan fingerprint density at radius 2 is 1.73 bits per heavy atom. The molecule has 0 atom stereocenters. The van der Waals surface area contributed by atoms with Gasteiger partial charge in [0.2, 0.25) is 10.0 Å². The second-order valence-electron chi connectivity index (χ2n) is 11.3. The molecular weight excluding hydrogens is 609 g/mol. The number of aromatic nitrogens is 1. The molecule has 0 aliphatic carbocycles. The van der Waals surface area contributed by atoms with E-state index in [4.69, 9.17) is 4.98 Å². The SMILES string of the molecule is CCCN1CCc2c(sc(NC(=O)c3ccc(S(=O)(=O)N(Cc4ccccc4)C(C)C)cc3)c2-c2nc3ccccc3s2)C1. The number of hydrogen-bond donors (Lipinski definition) is 1. The lowest BCUT2D eigenvalue weighted by molar-refractivity contribution is 0.102. The van der Waals surface area contributed by atoms with Gasteiger partial charge in [0, 0.05) is 41.7 Å². The van der Waals surface area contributed by atoms with Crippen LogP contribution in [0.4, 0.5) is 5.00 Å². The van der Waals surface area contributed by atoms with Crippen LogP contribution in [0.2, 0.25) is 0 Å². The van der Waals surface area contributed by atoms with Crippen molar-refractivity contribution in [2.75, 3.05) is 18.4 Å². The molecule has 0 saturated heterocycles. The van der Waals surface area contributed by atoms with E-state index in [9.17, 15) is 13.2 Å². The third kappa shape index (κ3) is 6.23. The van der Waals surface area contributed by atoms with E-state index in [2.05, 4.69) is 23.2 Å². The van der Waals surface area contributed by atoms with E-state index >= 15 is 0 Å². The minimum absolute atomic E-state index is 0.163. The number of sulfonamides is 1. The lowest BCUT2D eigenvalue weighted by Gasteiger charge is -2.26. The Bertz CT molecular complexity index is 1850. The summed E-state index contributed by atoms with van der Waals surface area (Å²) in [5.74, 6) is -0.273. The van der Waals surface area contributed by atoms with Crippen molar-refractivity contribution < 1.29 is 13.2 Å². The quantitative estimate of drug-likeness (QED) is 0.169. The molecule has 0 spiro atoms. The molecule has 44 heavy (non-hydrogen) atoms. The first-order valence-electron chi connectivity index (χ1n) is 14.9. The first-order chi connectivity index (χ1) is 21.2. The normalized spacial score (nSPS) is 13.9. The highest BCUT2D eigenvalue weighted by Crippen LogP contribution is 2.45. The fourth-order valence-electron chi connectivity index (χ4n) is 5.65. The molecule has 0 fully saturated rings. The first kappa shape index (κ1) is 30.6. The first-order valence-corrected chi connectivity index (χ1v) is 18.0. The Labute approximate surface area is 267 Å². The van der Waals surface area contributed by atoms with Crippen molar-refractivity contribution in [3.05, 3.63) is 100 Å². The second-order valence-corrected chi connectivity index (χ2v) is 15.4. The predicted molar refractivity (Wildman–Crippen MR) is 181 cm³/mol. The number of rotatable bonds is 10. The van der Waals surface area contributed by atoms with Crippen LogP contribution in [-0.2, 0) is 29.5 Å². The highest BCUT2D eigenvalue weighted by atomic mass is 32.2. The molecule has 0 radical (unpaired) electrons. The van der Waals surface area contributed by atoms with Crippen molar-refractivity contribution >= 4 is 53.8 Å². The number of carbonyl (C=O) groups is 1. The predicted octanol–water partition coefficient (Wildman–Crippen LogP) is 7.64. The third-order valence-corrected chi connectivity index (χ3v) is 12.1. The van der Waals surface area contributed by atoms with Crippen molar-refractivity contribution in [3.63, 3.8) is 0 Å². The molecule has 1 amide bonds. The summed E-state index contributed by atoms with van der Waals surface area (Å²) < 4.78 is 29.9. The Morgan fingerprint density at radius 1 is 1.00 bits per heavy atom. The van der Waals surface area contributed by atoms with Crippen LogP contribution >= 0.6 is 22.7 Å². The van der Waals surface area contributed by atoms with Crippen LogP contribution in [0.25, 0.3) is 20.8 Å². The second kappa shape index (κ2) is 12.9. The van der Waals surface area contributed by atoms with Gasteiger partial charge in [0.15, 0.2) is 0 Å². The number of carbonyl (C=O) groups excluding carboxylic acids is 1. The van der Waals surface area contributed by atoms with Gasteiger partial charge in [0.05, 0.1) is 15.1 Å². The fourth-order valence-corrected chi connectivity index (χ4v) is 9.67. The summed E-state index contributed by atoms with van der Waals surface area (Å²) in [7, 11) is -3.78. The minimum Gasteiger partial charge on any atom is -0.313 e. The molecule has 7 nitrogen and oxygen atoms in total. The Hall–Kier alpha value is -3.41. The molecule has 10 heteroatoms. The highest BCUT2D eigenvalue weighted by molar-refractivity contribution is 7.89. The molecule has 6 rings (SSSR count). The van der Waals surface area contributed by atoms with Gasteiger partial charge < -0.3 is 5.32 Å². The average molecular weight is 645 g/mol. The smallest absolute Gasteiger partial charge is 0.256 e.